The number of carbonyl (C=O) groups is 1. The predicted octanol–water partition coefficient (Wildman–Crippen LogP) is 3.87. The molecule has 0 atom stereocenters. The molecule has 110 valence electrons. The molecule has 3 rings (SSSR count). The van der Waals surface area contributed by atoms with Crippen molar-refractivity contribution in [1.82, 2.24) is 5.32 Å². The number of carbonyl (C=O) groups excluding carboxylic acids is 1. The van der Waals surface area contributed by atoms with E-state index in [1.807, 2.05) is 48.5 Å². The van der Waals surface area contributed by atoms with E-state index in [0.717, 1.165) is 16.9 Å². The minimum atomic E-state index is -0.162. The fourth-order valence-corrected chi connectivity index (χ4v) is 2.00. The van der Waals surface area contributed by atoms with Gasteiger partial charge in [0, 0.05) is 6.08 Å². The Hall–Kier alpha value is -3.01. The molecule has 2 heterocycles. The van der Waals surface area contributed by atoms with Crippen LogP contribution in [-0.4, -0.2) is 5.91 Å². The average molecular weight is 293 g/mol. The Labute approximate surface area is 128 Å². The summed E-state index contributed by atoms with van der Waals surface area (Å²) in [5, 5.41) is 2.78. The second-order valence-corrected chi connectivity index (χ2v) is 4.74. The first-order valence-electron chi connectivity index (χ1n) is 6.93. The summed E-state index contributed by atoms with van der Waals surface area (Å²) in [6, 6.07) is 15.2. The van der Waals surface area contributed by atoms with Gasteiger partial charge in [-0.1, -0.05) is 30.3 Å². The number of amides is 1. The number of hydrogen-bond acceptors (Lipinski definition) is 3. The zero-order valence-corrected chi connectivity index (χ0v) is 11.9. The quantitative estimate of drug-likeness (QED) is 0.726. The molecule has 0 unspecified atom stereocenters. The van der Waals surface area contributed by atoms with Gasteiger partial charge in [-0.25, -0.2) is 0 Å². The summed E-state index contributed by atoms with van der Waals surface area (Å²) in [6.45, 7) is 0.343. The van der Waals surface area contributed by atoms with Gasteiger partial charge in [0.25, 0.3) is 0 Å². The lowest BCUT2D eigenvalue weighted by Crippen LogP contribution is -2.19. The summed E-state index contributed by atoms with van der Waals surface area (Å²) in [5.41, 5.74) is 1.86. The molecule has 3 aromatic rings. The minimum absolute atomic E-state index is 0.162. The summed E-state index contributed by atoms with van der Waals surface area (Å²) in [6.07, 6.45) is 6.49. The van der Waals surface area contributed by atoms with Crippen molar-refractivity contribution in [3.63, 3.8) is 0 Å². The van der Waals surface area contributed by atoms with Gasteiger partial charge in [0.2, 0.25) is 5.91 Å². The van der Waals surface area contributed by atoms with Gasteiger partial charge in [0.05, 0.1) is 18.4 Å². The summed E-state index contributed by atoms with van der Waals surface area (Å²) in [7, 11) is 0. The molecule has 1 aromatic carbocycles. The lowest BCUT2D eigenvalue weighted by molar-refractivity contribution is -0.116. The Morgan fingerprint density at radius 2 is 1.95 bits per heavy atom. The molecule has 0 radical (unpaired) electrons. The van der Waals surface area contributed by atoms with Crippen LogP contribution in [0.3, 0.4) is 0 Å². The molecule has 0 aliphatic rings. The number of nitrogens with one attached hydrogen (secondary N) is 1. The van der Waals surface area contributed by atoms with Crippen molar-refractivity contribution in [2.24, 2.45) is 0 Å². The fraction of sp³-hybridized carbons (Fsp3) is 0.0556. The third-order valence-corrected chi connectivity index (χ3v) is 3.13. The molecule has 2 aromatic heterocycles. The molecule has 0 bridgehead atoms. The van der Waals surface area contributed by atoms with E-state index in [4.69, 9.17) is 8.83 Å². The predicted molar refractivity (Wildman–Crippen MR) is 83.7 cm³/mol. The van der Waals surface area contributed by atoms with Crippen LogP contribution in [0.4, 0.5) is 0 Å². The molecular weight excluding hydrogens is 278 g/mol. The zero-order valence-electron chi connectivity index (χ0n) is 11.9. The first-order valence-corrected chi connectivity index (χ1v) is 6.93. The van der Waals surface area contributed by atoms with Crippen LogP contribution in [0.15, 0.2) is 76.0 Å². The van der Waals surface area contributed by atoms with Crippen molar-refractivity contribution in [3.05, 3.63) is 78.5 Å². The molecule has 0 fully saturated rings. The number of hydrogen-bond donors (Lipinski definition) is 1. The topological polar surface area (TPSA) is 55.4 Å². The van der Waals surface area contributed by atoms with Gasteiger partial charge in [-0.15, -0.1) is 0 Å². The Morgan fingerprint density at radius 1 is 1.09 bits per heavy atom. The van der Waals surface area contributed by atoms with Crippen LogP contribution in [0.2, 0.25) is 0 Å². The Morgan fingerprint density at radius 3 is 2.73 bits per heavy atom. The maximum Gasteiger partial charge on any atom is 0.244 e. The average Bonchev–Trinajstić information content (AvgIpc) is 3.22. The summed E-state index contributed by atoms with van der Waals surface area (Å²) < 4.78 is 10.7. The molecule has 0 spiro atoms. The lowest BCUT2D eigenvalue weighted by atomic mass is 10.2. The first-order chi connectivity index (χ1) is 10.8. The van der Waals surface area contributed by atoms with E-state index in [0.29, 0.717) is 12.3 Å². The Kier molecular flexibility index (Phi) is 4.20. The van der Waals surface area contributed by atoms with Gasteiger partial charge in [0.1, 0.15) is 17.8 Å². The van der Waals surface area contributed by atoms with E-state index in [1.165, 1.54) is 6.08 Å². The smallest absolute Gasteiger partial charge is 0.244 e. The van der Waals surface area contributed by atoms with E-state index < -0.39 is 0 Å². The van der Waals surface area contributed by atoms with Crippen LogP contribution in [0.1, 0.15) is 11.3 Å². The van der Waals surface area contributed by atoms with Crippen molar-refractivity contribution in [1.29, 1.82) is 0 Å². The highest BCUT2D eigenvalue weighted by atomic mass is 16.3. The second kappa shape index (κ2) is 6.63. The van der Waals surface area contributed by atoms with Crippen molar-refractivity contribution >= 4 is 12.0 Å². The largest absolute Gasteiger partial charge is 0.472 e. The Balaban J connectivity index is 1.54. The molecule has 4 nitrogen and oxygen atoms in total. The minimum Gasteiger partial charge on any atom is -0.472 e. The first kappa shape index (κ1) is 13.9. The van der Waals surface area contributed by atoms with Gasteiger partial charge >= 0.3 is 0 Å². The van der Waals surface area contributed by atoms with Crippen LogP contribution in [0, 0.1) is 0 Å². The van der Waals surface area contributed by atoms with Gasteiger partial charge in [-0.05, 0) is 29.8 Å². The Bertz CT molecular complexity index is 755. The van der Waals surface area contributed by atoms with Gasteiger partial charge < -0.3 is 14.2 Å². The highest BCUT2D eigenvalue weighted by molar-refractivity contribution is 5.91. The zero-order chi connectivity index (χ0) is 15.2. The van der Waals surface area contributed by atoms with Gasteiger partial charge in [-0.3, -0.25) is 4.79 Å². The van der Waals surface area contributed by atoms with Gasteiger partial charge in [-0.2, -0.15) is 0 Å². The van der Waals surface area contributed by atoms with Crippen molar-refractivity contribution in [2.75, 3.05) is 0 Å². The number of furan rings is 2. The molecule has 0 aliphatic heterocycles. The van der Waals surface area contributed by atoms with E-state index in [2.05, 4.69) is 5.32 Å². The van der Waals surface area contributed by atoms with E-state index >= 15 is 0 Å². The van der Waals surface area contributed by atoms with Crippen LogP contribution < -0.4 is 5.32 Å². The van der Waals surface area contributed by atoms with Crippen LogP contribution in [-0.2, 0) is 11.3 Å². The van der Waals surface area contributed by atoms with Crippen LogP contribution in [0.25, 0.3) is 17.4 Å². The molecule has 0 saturated carbocycles. The molecule has 1 amide bonds. The highest BCUT2D eigenvalue weighted by Gasteiger charge is 2.06. The number of rotatable bonds is 5. The fourth-order valence-electron chi connectivity index (χ4n) is 2.00. The van der Waals surface area contributed by atoms with E-state index in [1.54, 1.807) is 18.6 Å². The number of benzene rings is 1. The summed E-state index contributed by atoms with van der Waals surface area (Å²) >= 11 is 0. The molecule has 0 saturated heterocycles. The van der Waals surface area contributed by atoms with E-state index in [-0.39, 0.29) is 5.91 Å². The molecule has 1 N–H and O–H groups in total. The maximum atomic E-state index is 11.8. The summed E-state index contributed by atoms with van der Waals surface area (Å²) in [4.78, 5) is 11.8. The van der Waals surface area contributed by atoms with Crippen molar-refractivity contribution in [2.45, 2.75) is 6.54 Å². The third kappa shape index (κ3) is 3.55. The van der Waals surface area contributed by atoms with Crippen molar-refractivity contribution in [3.8, 4) is 11.3 Å². The molecule has 0 aliphatic carbocycles. The molecule has 22 heavy (non-hydrogen) atoms. The molecular formula is C18H15NO3. The highest BCUT2D eigenvalue weighted by Crippen LogP contribution is 2.22. The monoisotopic (exact) mass is 293 g/mol. The van der Waals surface area contributed by atoms with Crippen LogP contribution in [0.5, 0.6) is 0 Å². The lowest BCUT2D eigenvalue weighted by Gasteiger charge is -1.99. The van der Waals surface area contributed by atoms with Crippen molar-refractivity contribution < 1.29 is 13.6 Å². The maximum absolute atomic E-state index is 11.8. The molecule has 4 heteroatoms. The van der Waals surface area contributed by atoms with Crippen LogP contribution >= 0.6 is 0 Å². The normalized spacial score (nSPS) is 10.9. The summed E-state index contributed by atoms with van der Waals surface area (Å²) in [5.74, 6) is 1.25. The second-order valence-electron chi connectivity index (χ2n) is 4.74. The third-order valence-electron chi connectivity index (χ3n) is 3.13. The van der Waals surface area contributed by atoms with Gasteiger partial charge in [0.15, 0.2) is 0 Å². The standard InChI is InChI=1S/C18H15NO3/c20-18(9-6-14-4-2-1-3-5-14)19-12-16-7-8-17(22-16)15-10-11-21-13-15/h1-11,13H,12H2,(H,19,20)/b9-6+. The SMILES string of the molecule is O=C(/C=C/c1ccccc1)NCc1ccc(-c2ccoc2)o1. The van der Waals surface area contributed by atoms with E-state index in [9.17, 15) is 4.79 Å².